The minimum atomic E-state index is 0.239. The Kier molecular flexibility index (Phi) is 3.38. The average Bonchev–Trinajstić information content (AvgIpc) is 2.67. The van der Waals surface area contributed by atoms with Crippen LogP contribution >= 0.6 is 11.6 Å². The van der Waals surface area contributed by atoms with Gasteiger partial charge in [-0.05, 0) is 12.1 Å². The lowest BCUT2D eigenvalue weighted by molar-refractivity contribution is 0.181. The Morgan fingerprint density at radius 2 is 2.35 bits per heavy atom. The Balaban J connectivity index is 2.54. The summed E-state index contributed by atoms with van der Waals surface area (Å²) < 4.78 is 6.39. The molecule has 2 aromatic heterocycles. The second-order valence-electron chi connectivity index (χ2n) is 3.26. The summed E-state index contributed by atoms with van der Waals surface area (Å²) in [4.78, 5) is 4.12. The third-order valence-corrected chi connectivity index (χ3v) is 2.51. The standard InChI is InChI=1S/C11H9ClN4O/c1-17-7-9-8(6-13)11(12)16(15-9)10-4-2-3-5-14-10/h2-5H,7H2,1H3. The largest absolute Gasteiger partial charge is 0.378 e. The van der Waals surface area contributed by atoms with E-state index < -0.39 is 0 Å². The van der Waals surface area contributed by atoms with Crippen molar-refractivity contribution >= 4 is 11.6 Å². The number of ether oxygens (including phenoxy) is 1. The molecule has 0 fully saturated rings. The molecule has 6 heteroatoms. The molecule has 0 saturated carbocycles. The summed E-state index contributed by atoms with van der Waals surface area (Å²) in [6, 6.07) is 7.39. The minimum Gasteiger partial charge on any atom is -0.378 e. The van der Waals surface area contributed by atoms with Crippen molar-refractivity contribution in [2.45, 2.75) is 6.61 Å². The molecule has 2 heterocycles. The van der Waals surface area contributed by atoms with Gasteiger partial charge in [0.05, 0.1) is 6.61 Å². The molecule has 0 aliphatic rings. The van der Waals surface area contributed by atoms with E-state index in [1.165, 1.54) is 11.8 Å². The topological polar surface area (TPSA) is 63.7 Å². The van der Waals surface area contributed by atoms with Crippen LogP contribution in [0.4, 0.5) is 0 Å². The third-order valence-electron chi connectivity index (χ3n) is 2.16. The van der Waals surface area contributed by atoms with Gasteiger partial charge in [-0.2, -0.15) is 10.4 Å². The van der Waals surface area contributed by atoms with Crippen molar-refractivity contribution in [2.24, 2.45) is 0 Å². The SMILES string of the molecule is COCc1nn(-c2ccccn2)c(Cl)c1C#N. The molecule has 0 atom stereocenters. The second kappa shape index (κ2) is 4.95. The highest BCUT2D eigenvalue weighted by molar-refractivity contribution is 6.31. The van der Waals surface area contributed by atoms with E-state index in [0.717, 1.165) is 0 Å². The first-order chi connectivity index (χ1) is 8.27. The minimum absolute atomic E-state index is 0.239. The maximum Gasteiger partial charge on any atom is 0.155 e. The molecule has 5 nitrogen and oxygen atoms in total. The second-order valence-corrected chi connectivity index (χ2v) is 3.62. The first-order valence-corrected chi connectivity index (χ1v) is 5.23. The Bertz CT molecular complexity index is 559. The molecule has 0 aliphatic heterocycles. The number of halogens is 1. The molecule has 0 amide bonds. The highest BCUT2D eigenvalue weighted by Gasteiger charge is 2.17. The van der Waals surface area contributed by atoms with Gasteiger partial charge >= 0.3 is 0 Å². The fraction of sp³-hybridized carbons (Fsp3) is 0.182. The summed E-state index contributed by atoms with van der Waals surface area (Å²) in [6.45, 7) is 0.239. The monoisotopic (exact) mass is 248 g/mol. The molecule has 86 valence electrons. The molecule has 2 aromatic rings. The number of hydrogen-bond acceptors (Lipinski definition) is 4. The van der Waals surface area contributed by atoms with E-state index in [1.54, 1.807) is 18.3 Å². The summed E-state index contributed by atoms with van der Waals surface area (Å²) in [5, 5.41) is 13.5. The molecule has 0 saturated heterocycles. The molecule has 2 rings (SSSR count). The van der Waals surface area contributed by atoms with Crippen LogP contribution in [0.3, 0.4) is 0 Å². The van der Waals surface area contributed by atoms with Crippen molar-refractivity contribution in [3.63, 3.8) is 0 Å². The quantitative estimate of drug-likeness (QED) is 0.833. The smallest absolute Gasteiger partial charge is 0.155 e. The van der Waals surface area contributed by atoms with Crippen LogP contribution in [0.25, 0.3) is 5.82 Å². The molecular formula is C11H9ClN4O. The number of nitriles is 1. The van der Waals surface area contributed by atoms with Gasteiger partial charge in [0.1, 0.15) is 17.3 Å². The zero-order valence-electron chi connectivity index (χ0n) is 9.09. The van der Waals surface area contributed by atoms with E-state index in [1.807, 2.05) is 12.1 Å². The maximum atomic E-state index is 9.02. The molecule has 0 N–H and O–H groups in total. The molecule has 0 aliphatic carbocycles. The van der Waals surface area contributed by atoms with Crippen molar-refractivity contribution < 1.29 is 4.74 Å². The van der Waals surface area contributed by atoms with Gasteiger partial charge in [-0.3, -0.25) is 0 Å². The van der Waals surface area contributed by atoms with Gasteiger partial charge in [0, 0.05) is 13.3 Å². The van der Waals surface area contributed by atoms with E-state index in [2.05, 4.69) is 10.1 Å². The van der Waals surface area contributed by atoms with Gasteiger partial charge in [0.15, 0.2) is 11.0 Å². The predicted molar refractivity (Wildman–Crippen MR) is 61.8 cm³/mol. The van der Waals surface area contributed by atoms with Crippen LogP contribution in [0, 0.1) is 11.3 Å². The third kappa shape index (κ3) is 2.13. The van der Waals surface area contributed by atoms with Gasteiger partial charge in [-0.15, -0.1) is 0 Å². The predicted octanol–water partition coefficient (Wildman–Crippen LogP) is 1.94. The normalized spacial score (nSPS) is 10.2. The fourth-order valence-electron chi connectivity index (χ4n) is 1.42. The number of aromatic nitrogens is 3. The number of nitrogens with zero attached hydrogens (tertiary/aromatic N) is 4. The Labute approximate surface area is 103 Å². The summed E-state index contributed by atoms with van der Waals surface area (Å²) in [6.07, 6.45) is 1.63. The summed E-state index contributed by atoms with van der Waals surface area (Å²) in [7, 11) is 1.54. The van der Waals surface area contributed by atoms with Crippen LogP contribution < -0.4 is 0 Å². The van der Waals surface area contributed by atoms with Gasteiger partial charge in [-0.25, -0.2) is 9.67 Å². The number of hydrogen-bond donors (Lipinski definition) is 0. The lowest BCUT2D eigenvalue weighted by Gasteiger charge is -1.99. The average molecular weight is 249 g/mol. The Hall–Kier alpha value is -1.90. The van der Waals surface area contributed by atoms with Crippen molar-refractivity contribution in [3.8, 4) is 11.9 Å². The van der Waals surface area contributed by atoms with E-state index >= 15 is 0 Å². The van der Waals surface area contributed by atoms with Gasteiger partial charge in [0.25, 0.3) is 0 Å². The van der Waals surface area contributed by atoms with Gasteiger partial charge in [-0.1, -0.05) is 17.7 Å². The molecule has 17 heavy (non-hydrogen) atoms. The van der Waals surface area contributed by atoms with Crippen LogP contribution in [0.15, 0.2) is 24.4 Å². The summed E-state index contributed by atoms with van der Waals surface area (Å²) >= 11 is 6.08. The highest BCUT2D eigenvalue weighted by atomic mass is 35.5. The number of rotatable bonds is 3. The van der Waals surface area contributed by atoms with Crippen molar-refractivity contribution in [1.82, 2.24) is 14.8 Å². The maximum absolute atomic E-state index is 9.02. The van der Waals surface area contributed by atoms with Crippen LogP contribution in [-0.2, 0) is 11.3 Å². The lowest BCUT2D eigenvalue weighted by Crippen LogP contribution is -2.00. The molecule has 0 unspecified atom stereocenters. The molecule has 0 radical (unpaired) electrons. The zero-order chi connectivity index (χ0) is 12.3. The Morgan fingerprint density at radius 3 is 2.94 bits per heavy atom. The molecule has 0 spiro atoms. The van der Waals surface area contributed by atoms with E-state index in [4.69, 9.17) is 21.6 Å². The van der Waals surface area contributed by atoms with E-state index in [-0.39, 0.29) is 11.8 Å². The summed E-state index contributed by atoms with van der Waals surface area (Å²) in [5.74, 6) is 0.566. The van der Waals surface area contributed by atoms with Crippen molar-refractivity contribution in [1.29, 1.82) is 5.26 Å². The van der Waals surface area contributed by atoms with E-state index in [9.17, 15) is 0 Å². The molecular weight excluding hydrogens is 240 g/mol. The summed E-state index contributed by atoms with van der Waals surface area (Å²) in [5.41, 5.74) is 0.824. The van der Waals surface area contributed by atoms with Crippen LogP contribution in [0.2, 0.25) is 5.15 Å². The number of pyridine rings is 1. The first-order valence-electron chi connectivity index (χ1n) is 4.85. The Morgan fingerprint density at radius 1 is 1.53 bits per heavy atom. The highest BCUT2D eigenvalue weighted by Crippen LogP contribution is 2.22. The molecule has 0 bridgehead atoms. The van der Waals surface area contributed by atoms with Crippen LogP contribution in [0.1, 0.15) is 11.3 Å². The van der Waals surface area contributed by atoms with Gasteiger partial charge in [0.2, 0.25) is 0 Å². The van der Waals surface area contributed by atoms with Crippen molar-refractivity contribution in [3.05, 3.63) is 40.8 Å². The fourth-order valence-corrected chi connectivity index (χ4v) is 1.69. The van der Waals surface area contributed by atoms with Gasteiger partial charge < -0.3 is 4.74 Å². The van der Waals surface area contributed by atoms with Crippen LogP contribution in [0.5, 0.6) is 0 Å². The van der Waals surface area contributed by atoms with E-state index in [0.29, 0.717) is 17.1 Å². The first kappa shape index (κ1) is 11.6. The zero-order valence-corrected chi connectivity index (χ0v) is 9.85. The number of methoxy groups -OCH3 is 1. The lowest BCUT2D eigenvalue weighted by atomic mass is 10.3. The van der Waals surface area contributed by atoms with Crippen LogP contribution in [-0.4, -0.2) is 21.9 Å². The molecule has 0 aromatic carbocycles. The van der Waals surface area contributed by atoms with Crippen molar-refractivity contribution in [2.75, 3.05) is 7.11 Å².